The summed E-state index contributed by atoms with van der Waals surface area (Å²) >= 11 is 3.94. The van der Waals surface area contributed by atoms with Crippen molar-refractivity contribution in [2.45, 2.75) is 18.0 Å². The second-order valence-corrected chi connectivity index (χ2v) is 6.33. The highest BCUT2D eigenvalue weighted by Crippen LogP contribution is 2.38. The number of amides is 1. The molecule has 0 aliphatic carbocycles. The van der Waals surface area contributed by atoms with Crippen molar-refractivity contribution in [3.05, 3.63) is 71.8 Å². The van der Waals surface area contributed by atoms with Gasteiger partial charge in [0.2, 0.25) is 0 Å². The Morgan fingerprint density at radius 2 is 1.70 bits per heavy atom. The first-order valence-corrected chi connectivity index (χ1v) is 8.45. The van der Waals surface area contributed by atoms with Crippen molar-refractivity contribution in [2.75, 3.05) is 0 Å². The van der Waals surface area contributed by atoms with E-state index in [0.717, 1.165) is 16.8 Å². The molecule has 0 atom stereocenters. The fourth-order valence-corrected chi connectivity index (χ4v) is 2.95. The van der Waals surface area contributed by atoms with Crippen molar-refractivity contribution in [3.8, 4) is 0 Å². The molecule has 0 aliphatic heterocycles. The highest BCUT2D eigenvalue weighted by Gasteiger charge is 2.33. The predicted molar refractivity (Wildman–Crippen MR) is 103 cm³/mol. The number of nitrogens with zero attached hydrogens (tertiary/aromatic N) is 1. The van der Waals surface area contributed by atoms with Crippen LogP contribution < -0.4 is 5.32 Å². The molecular formula is C20H15F3N2OS. The molecule has 27 heavy (non-hydrogen) atoms. The smallest absolute Gasteiger partial charge is 0.310 e. The number of halogens is 3. The number of amidine groups is 1. The van der Waals surface area contributed by atoms with Crippen molar-refractivity contribution in [1.82, 2.24) is 5.32 Å². The lowest BCUT2D eigenvalue weighted by Gasteiger charge is -2.12. The zero-order valence-corrected chi connectivity index (χ0v) is 15.1. The third-order valence-corrected chi connectivity index (χ3v) is 4.38. The molecule has 138 valence electrons. The molecule has 0 fully saturated rings. The largest absolute Gasteiger partial charge is 0.417 e. The topological polar surface area (TPSA) is 41.5 Å². The van der Waals surface area contributed by atoms with E-state index >= 15 is 0 Å². The van der Waals surface area contributed by atoms with E-state index in [1.807, 2.05) is 30.3 Å². The van der Waals surface area contributed by atoms with E-state index in [2.05, 4.69) is 22.9 Å². The van der Waals surface area contributed by atoms with E-state index in [-0.39, 0.29) is 16.4 Å². The minimum Gasteiger partial charge on any atom is -0.310 e. The first kappa shape index (κ1) is 19.0. The van der Waals surface area contributed by atoms with Crippen LogP contribution in [-0.2, 0) is 6.18 Å². The number of benzene rings is 3. The molecule has 3 aromatic rings. The van der Waals surface area contributed by atoms with Gasteiger partial charge in [-0.2, -0.15) is 13.2 Å². The number of nitrogens with one attached hydrogen (secondary N) is 1. The Labute approximate surface area is 159 Å². The number of fused-ring (bicyclic) bond motifs is 1. The molecule has 0 radical (unpaired) electrons. The number of carbonyl (C=O) groups is 1. The first-order chi connectivity index (χ1) is 12.8. The zero-order chi connectivity index (χ0) is 19.6. The predicted octanol–water partition coefficient (Wildman–Crippen LogP) is 5.63. The van der Waals surface area contributed by atoms with Gasteiger partial charge < -0.3 is 5.32 Å². The molecule has 7 heteroatoms. The maximum absolute atomic E-state index is 13.0. The molecule has 0 spiro atoms. The van der Waals surface area contributed by atoms with Crippen LogP contribution in [0.1, 0.15) is 22.8 Å². The fraction of sp³-hybridized carbons (Fsp3) is 0.100. The number of thiol groups is 1. The SMILES string of the molecule is CC(=Nc1cccc(C(F)(F)F)c1S)NC(=O)c1ccc2ccccc2c1. The zero-order valence-electron chi connectivity index (χ0n) is 14.2. The van der Waals surface area contributed by atoms with Gasteiger partial charge in [-0.1, -0.05) is 36.4 Å². The Balaban J connectivity index is 1.84. The molecule has 0 saturated heterocycles. The summed E-state index contributed by atoms with van der Waals surface area (Å²) in [7, 11) is 0. The average molecular weight is 388 g/mol. The lowest BCUT2D eigenvalue weighted by Crippen LogP contribution is -2.28. The maximum Gasteiger partial charge on any atom is 0.417 e. The number of hydrogen-bond donors (Lipinski definition) is 2. The van der Waals surface area contributed by atoms with Crippen molar-refractivity contribution in [1.29, 1.82) is 0 Å². The minimum atomic E-state index is -4.52. The number of aliphatic imine (C=N–C) groups is 1. The monoisotopic (exact) mass is 388 g/mol. The van der Waals surface area contributed by atoms with Crippen LogP contribution in [0.5, 0.6) is 0 Å². The van der Waals surface area contributed by atoms with Crippen LogP contribution in [0.4, 0.5) is 18.9 Å². The Morgan fingerprint density at radius 1 is 1.00 bits per heavy atom. The van der Waals surface area contributed by atoms with Gasteiger partial charge in [0.25, 0.3) is 5.91 Å². The highest BCUT2D eigenvalue weighted by atomic mass is 32.1. The van der Waals surface area contributed by atoms with Gasteiger partial charge in [-0.25, -0.2) is 4.99 Å². The first-order valence-electron chi connectivity index (χ1n) is 8.00. The highest BCUT2D eigenvalue weighted by molar-refractivity contribution is 7.80. The summed E-state index contributed by atoms with van der Waals surface area (Å²) in [6.07, 6.45) is -4.52. The number of carbonyl (C=O) groups excluding carboxylic acids is 1. The van der Waals surface area contributed by atoms with Crippen molar-refractivity contribution in [2.24, 2.45) is 4.99 Å². The van der Waals surface area contributed by atoms with Crippen LogP contribution in [0.25, 0.3) is 10.8 Å². The summed E-state index contributed by atoms with van der Waals surface area (Å²) in [6, 6.07) is 16.4. The molecule has 0 aliphatic rings. The minimum absolute atomic E-state index is 0.0319. The van der Waals surface area contributed by atoms with E-state index < -0.39 is 17.6 Å². The summed E-state index contributed by atoms with van der Waals surface area (Å²) < 4.78 is 38.9. The van der Waals surface area contributed by atoms with Crippen molar-refractivity contribution in [3.63, 3.8) is 0 Å². The average Bonchev–Trinajstić information content (AvgIpc) is 2.62. The normalized spacial score (nSPS) is 12.3. The molecule has 3 rings (SSSR count). The summed E-state index contributed by atoms with van der Waals surface area (Å²) in [5.41, 5.74) is -0.413. The van der Waals surface area contributed by atoms with E-state index in [9.17, 15) is 18.0 Å². The van der Waals surface area contributed by atoms with Gasteiger partial charge in [-0.3, -0.25) is 4.79 Å². The summed E-state index contributed by atoms with van der Waals surface area (Å²) in [6.45, 7) is 1.51. The van der Waals surface area contributed by atoms with E-state index in [0.29, 0.717) is 5.56 Å². The maximum atomic E-state index is 13.0. The summed E-state index contributed by atoms with van der Waals surface area (Å²) in [5, 5.41) is 4.51. The lowest BCUT2D eigenvalue weighted by molar-refractivity contribution is -0.139. The molecule has 0 aromatic heterocycles. The van der Waals surface area contributed by atoms with E-state index in [1.54, 1.807) is 12.1 Å². The Bertz CT molecular complexity index is 1040. The van der Waals surface area contributed by atoms with Gasteiger partial charge in [0.05, 0.1) is 11.3 Å². The molecule has 1 amide bonds. The summed E-state index contributed by atoms with van der Waals surface area (Å²) in [5.74, 6) is -0.225. The Kier molecular flexibility index (Phi) is 5.23. The Hall–Kier alpha value is -2.80. The van der Waals surface area contributed by atoms with Crippen LogP contribution in [0.15, 0.2) is 70.6 Å². The van der Waals surface area contributed by atoms with Crippen LogP contribution in [-0.4, -0.2) is 11.7 Å². The second-order valence-electron chi connectivity index (χ2n) is 5.88. The molecule has 0 bridgehead atoms. The van der Waals surface area contributed by atoms with Gasteiger partial charge in [0.1, 0.15) is 5.84 Å². The second kappa shape index (κ2) is 7.44. The van der Waals surface area contributed by atoms with Crippen LogP contribution in [0.3, 0.4) is 0 Å². The van der Waals surface area contributed by atoms with Gasteiger partial charge in [0.15, 0.2) is 0 Å². The molecule has 3 aromatic carbocycles. The van der Waals surface area contributed by atoms with Gasteiger partial charge >= 0.3 is 6.18 Å². The number of alkyl halides is 3. The third-order valence-electron chi connectivity index (χ3n) is 3.91. The Morgan fingerprint density at radius 3 is 2.41 bits per heavy atom. The van der Waals surface area contributed by atoms with Gasteiger partial charge in [-0.05, 0) is 42.0 Å². The molecule has 3 nitrogen and oxygen atoms in total. The molecule has 1 N–H and O–H groups in total. The molecule has 0 heterocycles. The number of hydrogen-bond acceptors (Lipinski definition) is 3. The van der Waals surface area contributed by atoms with Crippen molar-refractivity contribution >= 4 is 40.8 Å². The fourth-order valence-electron chi connectivity index (χ4n) is 2.63. The van der Waals surface area contributed by atoms with Gasteiger partial charge in [0, 0.05) is 10.5 Å². The van der Waals surface area contributed by atoms with Crippen LogP contribution >= 0.6 is 12.6 Å². The molecular weight excluding hydrogens is 373 g/mol. The van der Waals surface area contributed by atoms with Crippen LogP contribution in [0, 0.1) is 0 Å². The van der Waals surface area contributed by atoms with E-state index in [1.165, 1.54) is 19.1 Å². The quantitative estimate of drug-likeness (QED) is 0.334. The lowest BCUT2D eigenvalue weighted by atomic mass is 10.1. The third kappa shape index (κ3) is 4.31. The summed E-state index contributed by atoms with van der Waals surface area (Å²) in [4.78, 5) is 16.2. The number of rotatable bonds is 2. The van der Waals surface area contributed by atoms with Crippen LogP contribution in [0.2, 0.25) is 0 Å². The van der Waals surface area contributed by atoms with E-state index in [4.69, 9.17) is 0 Å². The van der Waals surface area contributed by atoms with Crippen molar-refractivity contribution < 1.29 is 18.0 Å². The van der Waals surface area contributed by atoms with Gasteiger partial charge in [-0.15, -0.1) is 12.6 Å². The standard InChI is InChI=1S/C20H15F3N2OS/c1-12(24-17-8-4-7-16(18(17)27)20(21,22)23)25-19(26)15-10-9-13-5-2-3-6-14(13)11-15/h2-11,27H,1H3,(H,24,25,26). The molecule has 0 unspecified atom stereocenters. The molecule has 0 saturated carbocycles.